The second-order valence-electron chi connectivity index (χ2n) is 6.02. The number of ether oxygens (including phenoxy) is 2. The molecule has 0 aliphatic heterocycles. The molecule has 27 heavy (non-hydrogen) atoms. The van der Waals surface area contributed by atoms with E-state index in [9.17, 15) is 14.0 Å². The van der Waals surface area contributed by atoms with Gasteiger partial charge < -0.3 is 14.4 Å². The maximum atomic E-state index is 13.1. The molecule has 0 fully saturated rings. The third-order valence-corrected chi connectivity index (χ3v) is 4.04. The van der Waals surface area contributed by atoms with Crippen LogP contribution in [0.4, 0.5) is 4.39 Å². The summed E-state index contributed by atoms with van der Waals surface area (Å²) in [5.41, 5.74) is 1.64. The van der Waals surface area contributed by atoms with E-state index in [1.54, 1.807) is 31.1 Å². The Kier molecular flexibility index (Phi) is 7.79. The maximum Gasteiger partial charge on any atom is 0.307 e. The number of rotatable bonds is 9. The zero-order valence-electron chi connectivity index (χ0n) is 15.6. The normalized spacial score (nSPS) is 10.3. The van der Waals surface area contributed by atoms with Crippen molar-refractivity contribution in [1.29, 1.82) is 0 Å². The van der Waals surface area contributed by atoms with Crippen LogP contribution in [-0.2, 0) is 27.3 Å². The number of methoxy groups -OCH3 is 1. The van der Waals surface area contributed by atoms with Crippen molar-refractivity contribution >= 4 is 11.9 Å². The predicted octanol–water partition coefficient (Wildman–Crippen LogP) is 3.36. The highest BCUT2D eigenvalue weighted by molar-refractivity contribution is 5.79. The van der Waals surface area contributed by atoms with Gasteiger partial charge in [0.2, 0.25) is 5.91 Å². The highest BCUT2D eigenvalue weighted by atomic mass is 19.1. The number of halogens is 1. The summed E-state index contributed by atoms with van der Waals surface area (Å²) >= 11 is 0. The minimum absolute atomic E-state index is 0.124. The Labute approximate surface area is 158 Å². The Morgan fingerprint density at radius 2 is 1.63 bits per heavy atom. The molecule has 0 saturated heterocycles. The van der Waals surface area contributed by atoms with E-state index in [0.29, 0.717) is 13.2 Å². The standard InChI is InChI=1S/C21H24FNO4/c1-3-27-21(25)12-13-23(15-17-6-10-19(26-2)11-7-17)20(24)14-16-4-8-18(22)9-5-16/h4-11H,3,12-15H2,1-2H3. The van der Waals surface area contributed by atoms with E-state index in [0.717, 1.165) is 16.9 Å². The highest BCUT2D eigenvalue weighted by Gasteiger charge is 2.17. The summed E-state index contributed by atoms with van der Waals surface area (Å²) in [7, 11) is 1.59. The predicted molar refractivity (Wildman–Crippen MR) is 99.8 cm³/mol. The van der Waals surface area contributed by atoms with Crippen molar-refractivity contribution in [2.24, 2.45) is 0 Å². The lowest BCUT2D eigenvalue weighted by atomic mass is 10.1. The van der Waals surface area contributed by atoms with Crippen LogP contribution in [0, 0.1) is 5.82 Å². The zero-order valence-corrected chi connectivity index (χ0v) is 15.6. The van der Waals surface area contributed by atoms with Crippen molar-refractivity contribution in [3.05, 3.63) is 65.5 Å². The van der Waals surface area contributed by atoms with Crippen molar-refractivity contribution in [3.8, 4) is 5.75 Å². The summed E-state index contributed by atoms with van der Waals surface area (Å²) in [4.78, 5) is 26.0. The first kappa shape index (κ1) is 20.4. The van der Waals surface area contributed by atoms with Gasteiger partial charge in [0, 0.05) is 13.1 Å². The van der Waals surface area contributed by atoms with Gasteiger partial charge in [-0.2, -0.15) is 0 Å². The van der Waals surface area contributed by atoms with Crippen LogP contribution in [0.15, 0.2) is 48.5 Å². The number of hydrogen-bond acceptors (Lipinski definition) is 4. The van der Waals surface area contributed by atoms with Crippen LogP contribution < -0.4 is 4.74 Å². The molecule has 0 saturated carbocycles. The molecule has 2 aromatic rings. The Balaban J connectivity index is 2.07. The van der Waals surface area contributed by atoms with E-state index in [-0.39, 0.29) is 37.1 Å². The van der Waals surface area contributed by atoms with Crippen LogP contribution in [0.1, 0.15) is 24.5 Å². The number of benzene rings is 2. The van der Waals surface area contributed by atoms with Gasteiger partial charge >= 0.3 is 5.97 Å². The van der Waals surface area contributed by atoms with Gasteiger partial charge in [-0.05, 0) is 42.3 Å². The molecule has 0 aliphatic carbocycles. The molecule has 0 unspecified atom stereocenters. The second-order valence-corrected chi connectivity index (χ2v) is 6.02. The number of nitrogens with zero attached hydrogens (tertiary/aromatic N) is 1. The van der Waals surface area contributed by atoms with Crippen molar-refractivity contribution in [2.45, 2.75) is 26.3 Å². The summed E-state index contributed by atoms with van der Waals surface area (Å²) in [6, 6.07) is 13.2. The van der Waals surface area contributed by atoms with Crippen LogP contribution in [-0.4, -0.2) is 37.0 Å². The first-order valence-electron chi connectivity index (χ1n) is 8.82. The fraction of sp³-hybridized carbons (Fsp3) is 0.333. The van der Waals surface area contributed by atoms with Crippen molar-refractivity contribution in [2.75, 3.05) is 20.3 Å². The van der Waals surface area contributed by atoms with E-state index >= 15 is 0 Å². The number of amides is 1. The number of esters is 1. The second kappa shape index (κ2) is 10.3. The lowest BCUT2D eigenvalue weighted by molar-refractivity contribution is -0.144. The Hall–Kier alpha value is -2.89. The van der Waals surface area contributed by atoms with Crippen LogP contribution in [0.3, 0.4) is 0 Å². The minimum Gasteiger partial charge on any atom is -0.497 e. The van der Waals surface area contributed by atoms with Gasteiger partial charge in [0.25, 0.3) is 0 Å². The zero-order chi connectivity index (χ0) is 19.6. The van der Waals surface area contributed by atoms with E-state index in [1.807, 2.05) is 24.3 Å². The molecule has 0 radical (unpaired) electrons. The largest absolute Gasteiger partial charge is 0.497 e. The molecule has 0 atom stereocenters. The van der Waals surface area contributed by atoms with Crippen LogP contribution in [0.25, 0.3) is 0 Å². The Morgan fingerprint density at radius 3 is 2.22 bits per heavy atom. The topological polar surface area (TPSA) is 55.8 Å². The van der Waals surface area contributed by atoms with Gasteiger partial charge in [-0.1, -0.05) is 24.3 Å². The number of hydrogen-bond donors (Lipinski definition) is 0. The van der Waals surface area contributed by atoms with Gasteiger partial charge in [-0.25, -0.2) is 4.39 Å². The molecule has 0 heterocycles. The van der Waals surface area contributed by atoms with Crippen LogP contribution in [0.5, 0.6) is 5.75 Å². The number of carbonyl (C=O) groups is 2. The van der Waals surface area contributed by atoms with Gasteiger partial charge in [-0.15, -0.1) is 0 Å². The molecule has 6 heteroatoms. The van der Waals surface area contributed by atoms with E-state index < -0.39 is 0 Å². The molecule has 0 bridgehead atoms. The van der Waals surface area contributed by atoms with Crippen molar-refractivity contribution in [1.82, 2.24) is 4.90 Å². The molecule has 2 rings (SSSR count). The molecule has 2 aromatic carbocycles. The molecular weight excluding hydrogens is 349 g/mol. The number of carbonyl (C=O) groups excluding carboxylic acids is 2. The van der Waals surface area contributed by atoms with Gasteiger partial charge in [-0.3, -0.25) is 9.59 Å². The van der Waals surface area contributed by atoms with E-state index in [2.05, 4.69) is 0 Å². The first-order chi connectivity index (χ1) is 13.0. The highest BCUT2D eigenvalue weighted by Crippen LogP contribution is 2.15. The SMILES string of the molecule is CCOC(=O)CCN(Cc1ccc(OC)cc1)C(=O)Cc1ccc(F)cc1. The minimum atomic E-state index is -0.344. The van der Waals surface area contributed by atoms with Crippen molar-refractivity contribution in [3.63, 3.8) is 0 Å². The molecule has 144 valence electrons. The monoisotopic (exact) mass is 373 g/mol. The summed E-state index contributed by atoms with van der Waals surface area (Å²) in [6.45, 7) is 2.67. The average Bonchev–Trinajstić information content (AvgIpc) is 2.67. The van der Waals surface area contributed by atoms with Crippen LogP contribution in [0.2, 0.25) is 0 Å². The fourth-order valence-corrected chi connectivity index (χ4v) is 2.59. The van der Waals surface area contributed by atoms with E-state index in [1.165, 1.54) is 12.1 Å². The molecular formula is C21H24FNO4. The first-order valence-corrected chi connectivity index (χ1v) is 8.82. The lowest BCUT2D eigenvalue weighted by Crippen LogP contribution is -2.34. The molecule has 0 aliphatic rings. The quantitative estimate of drug-likeness (QED) is 0.633. The lowest BCUT2D eigenvalue weighted by Gasteiger charge is -2.23. The molecule has 0 spiro atoms. The van der Waals surface area contributed by atoms with E-state index in [4.69, 9.17) is 9.47 Å². The summed E-state index contributed by atoms with van der Waals surface area (Å²) in [6.07, 6.45) is 0.262. The van der Waals surface area contributed by atoms with Gasteiger partial charge in [0.15, 0.2) is 0 Å². The van der Waals surface area contributed by atoms with Crippen LogP contribution >= 0.6 is 0 Å². The van der Waals surface area contributed by atoms with Crippen molar-refractivity contribution < 1.29 is 23.5 Å². The summed E-state index contributed by atoms with van der Waals surface area (Å²) < 4.78 is 23.1. The molecule has 1 amide bonds. The van der Waals surface area contributed by atoms with Gasteiger partial charge in [0.05, 0.1) is 26.6 Å². The average molecular weight is 373 g/mol. The smallest absolute Gasteiger partial charge is 0.307 e. The third kappa shape index (κ3) is 6.73. The van der Waals surface area contributed by atoms with Gasteiger partial charge in [0.1, 0.15) is 11.6 Å². The fourth-order valence-electron chi connectivity index (χ4n) is 2.59. The molecule has 5 nitrogen and oxygen atoms in total. The third-order valence-electron chi connectivity index (χ3n) is 4.04. The Morgan fingerprint density at radius 1 is 1.00 bits per heavy atom. The summed E-state index contributed by atoms with van der Waals surface area (Å²) in [5, 5.41) is 0. The Bertz CT molecular complexity index is 744. The molecule has 0 N–H and O–H groups in total. The molecule has 0 aromatic heterocycles. The summed E-state index contributed by atoms with van der Waals surface area (Å²) in [5.74, 6) is -0.0911. The maximum absolute atomic E-state index is 13.1.